The highest BCUT2D eigenvalue weighted by Gasteiger charge is 2.66. The number of thioether (sulfide) groups is 1. The van der Waals surface area contributed by atoms with E-state index in [0.29, 0.717) is 40.0 Å². The van der Waals surface area contributed by atoms with E-state index < -0.39 is 17.2 Å². The van der Waals surface area contributed by atoms with E-state index >= 15 is 4.39 Å². The van der Waals surface area contributed by atoms with Gasteiger partial charge in [0.05, 0.1) is 28.6 Å². The molecular weight excluding hydrogens is 516 g/mol. The smallest absolute Gasteiger partial charge is 0.233 e. The van der Waals surface area contributed by atoms with Crippen LogP contribution in [0.1, 0.15) is 24.6 Å². The first kappa shape index (κ1) is 24.5. The van der Waals surface area contributed by atoms with E-state index in [1.165, 1.54) is 36.8 Å². The maximum Gasteiger partial charge on any atom is 0.233 e. The van der Waals surface area contributed by atoms with Gasteiger partial charge in [0.1, 0.15) is 24.1 Å². The van der Waals surface area contributed by atoms with E-state index in [2.05, 4.69) is 30.2 Å². The lowest BCUT2D eigenvalue weighted by atomic mass is 9.85. The summed E-state index contributed by atoms with van der Waals surface area (Å²) in [5, 5.41) is 3.39. The highest BCUT2D eigenvalue weighted by Crippen LogP contribution is 2.66. The Kier molecular flexibility index (Phi) is 5.91. The monoisotopic (exact) mass is 539 g/mol. The zero-order valence-electron chi connectivity index (χ0n) is 20.4. The fourth-order valence-electron chi connectivity index (χ4n) is 5.04. The molecule has 3 aromatic heterocycles. The van der Waals surface area contributed by atoms with Gasteiger partial charge in [0.2, 0.25) is 5.88 Å². The molecule has 10 nitrogen and oxygen atoms in total. The molecule has 0 unspecified atom stereocenters. The third-order valence-electron chi connectivity index (χ3n) is 6.87. The second kappa shape index (κ2) is 9.17. The average Bonchev–Trinajstić information content (AvgIpc) is 3.36. The Morgan fingerprint density at radius 1 is 1.26 bits per heavy atom. The lowest BCUT2D eigenvalue weighted by Gasteiger charge is -2.34. The molecule has 38 heavy (non-hydrogen) atoms. The molecule has 1 aromatic carbocycles. The molecule has 0 radical (unpaired) electrons. The van der Waals surface area contributed by atoms with E-state index in [9.17, 15) is 4.39 Å². The van der Waals surface area contributed by atoms with E-state index in [1.54, 1.807) is 26.2 Å². The molecule has 196 valence electrons. The highest BCUT2D eigenvalue weighted by molar-refractivity contribution is 8.15. The maximum atomic E-state index is 15.2. The molecular formula is C25H23F2N7O3S. The van der Waals surface area contributed by atoms with Crippen molar-refractivity contribution in [2.45, 2.75) is 30.2 Å². The number of aromatic nitrogens is 4. The second-order valence-electron chi connectivity index (χ2n) is 9.40. The molecule has 1 saturated carbocycles. The van der Waals surface area contributed by atoms with Crippen LogP contribution in [0, 0.1) is 17.6 Å². The first-order valence-electron chi connectivity index (χ1n) is 11.7. The zero-order chi connectivity index (χ0) is 26.5. The summed E-state index contributed by atoms with van der Waals surface area (Å²) in [4.78, 5) is 21.8. The summed E-state index contributed by atoms with van der Waals surface area (Å²) in [7, 11) is 1.61. The number of methoxy groups -OCH3 is 1. The van der Waals surface area contributed by atoms with Crippen LogP contribution in [-0.4, -0.2) is 43.6 Å². The van der Waals surface area contributed by atoms with Gasteiger partial charge < -0.3 is 24.9 Å². The number of rotatable bonds is 8. The largest absolute Gasteiger partial charge is 0.470 e. The van der Waals surface area contributed by atoms with Crippen molar-refractivity contribution in [2.75, 3.05) is 19.0 Å². The summed E-state index contributed by atoms with van der Waals surface area (Å²) in [6.45, 7) is 2.39. The number of oxazole rings is 1. The van der Waals surface area contributed by atoms with Crippen LogP contribution < -0.4 is 15.8 Å². The summed E-state index contributed by atoms with van der Waals surface area (Å²) < 4.78 is 45.8. The number of aliphatic imine (C=N–C) groups is 1. The van der Waals surface area contributed by atoms with Gasteiger partial charge in [-0.25, -0.2) is 28.7 Å². The van der Waals surface area contributed by atoms with Crippen molar-refractivity contribution < 1.29 is 22.7 Å². The number of benzene rings is 1. The molecule has 3 N–H and O–H groups in total. The van der Waals surface area contributed by atoms with Crippen molar-refractivity contribution in [3.63, 3.8) is 0 Å². The lowest BCUT2D eigenvalue weighted by molar-refractivity contribution is 0.184. The van der Waals surface area contributed by atoms with Crippen molar-refractivity contribution in [3.05, 3.63) is 66.1 Å². The Morgan fingerprint density at radius 3 is 2.92 bits per heavy atom. The lowest BCUT2D eigenvalue weighted by Crippen LogP contribution is -2.37. The summed E-state index contributed by atoms with van der Waals surface area (Å²) in [6, 6.07) is 4.30. The van der Waals surface area contributed by atoms with Crippen molar-refractivity contribution >= 4 is 39.5 Å². The molecule has 0 saturated heterocycles. The number of halogens is 2. The highest BCUT2D eigenvalue weighted by atomic mass is 32.2. The van der Waals surface area contributed by atoms with Gasteiger partial charge in [0.15, 0.2) is 29.0 Å². The van der Waals surface area contributed by atoms with E-state index in [1.807, 2.05) is 0 Å². The van der Waals surface area contributed by atoms with Crippen molar-refractivity contribution in [2.24, 2.45) is 16.6 Å². The molecule has 4 aromatic rings. The van der Waals surface area contributed by atoms with Gasteiger partial charge in [0, 0.05) is 36.5 Å². The van der Waals surface area contributed by atoms with E-state index in [4.69, 9.17) is 19.6 Å². The SMILES string of the molecule is COC[C@]12C[C@H]1[C@](C)(c1cc(Nc3nccc4nc(OCc5cocn5)cnc34)cc(F)c1F)N=C(N)S2. The van der Waals surface area contributed by atoms with Gasteiger partial charge >= 0.3 is 0 Å². The number of nitrogens with zero attached hydrogens (tertiary/aromatic N) is 5. The van der Waals surface area contributed by atoms with Crippen LogP contribution in [-0.2, 0) is 16.9 Å². The number of amidine groups is 1. The van der Waals surface area contributed by atoms with E-state index in [-0.39, 0.29) is 28.7 Å². The zero-order valence-corrected chi connectivity index (χ0v) is 21.3. The number of fused-ring (bicyclic) bond motifs is 2. The van der Waals surface area contributed by atoms with Crippen LogP contribution in [0.2, 0.25) is 0 Å². The molecule has 2 aliphatic rings. The third-order valence-corrected chi connectivity index (χ3v) is 8.14. The Bertz CT molecular complexity index is 1550. The normalized spacial score (nSPS) is 24.1. The van der Waals surface area contributed by atoms with Gasteiger partial charge in [-0.3, -0.25) is 4.99 Å². The predicted molar refractivity (Wildman–Crippen MR) is 137 cm³/mol. The molecule has 3 atom stereocenters. The second-order valence-corrected chi connectivity index (χ2v) is 10.8. The minimum Gasteiger partial charge on any atom is -0.470 e. The fraction of sp³-hybridized carbons (Fsp3) is 0.320. The minimum atomic E-state index is -1.06. The Hall–Kier alpha value is -3.84. The molecule has 1 fully saturated rings. The van der Waals surface area contributed by atoms with Gasteiger partial charge in [-0.05, 0) is 25.5 Å². The number of anilines is 2. The summed E-state index contributed by atoms with van der Waals surface area (Å²) in [6.07, 6.45) is 6.51. The van der Waals surface area contributed by atoms with Crippen LogP contribution in [0.5, 0.6) is 5.88 Å². The van der Waals surface area contributed by atoms with Crippen LogP contribution in [0.15, 0.2) is 52.7 Å². The summed E-state index contributed by atoms with van der Waals surface area (Å²) in [5.41, 5.74) is 7.02. The Labute approximate surface area is 220 Å². The molecule has 6 rings (SSSR count). The first-order valence-corrected chi connectivity index (χ1v) is 12.5. The van der Waals surface area contributed by atoms with Crippen LogP contribution >= 0.6 is 11.8 Å². The molecule has 1 aliphatic carbocycles. The Morgan fingerprint density at radius 2 is 2.13 bits per heavy atom. The number of nitrogens with one attached hydrogen (secondary N) is 1. The Balaban J connectivity index is 1.31. The average molecular weight is 540 g/mol. The van der Waals surface area contributed by atoms with Crippen LogP contribution in [0.3, 0.4) is 0 Å². The fourth-order valence-corrected chi connectivity index (χ4v) is 6.49. The minimum absolute atomic E-state index is 0.0615. The number of hydrogen-bond donors (Lipinski definition) is 2. The van der Waals surface area contributed by atoms with Crippen molar-refractivity contribution in [3.8, 4) is 5.88 Å². The quantitative estimate of drug-likeness (QED) is 0.334. The third kappa shape index (κ3) is 4.21. The molecule has 0 spiro atoms. The first-order chi connectivity index (χ1) is 18.3. The maximum absolute atomic E-state index is 15.2. The van der Waals surface area contributed by atoms with Gasteiger partial charge in [-0.2, -0.15) is 0 Å². The predicted octanol–water partition coefficient (Wildman–Crippen LogP) is 4.30. The van der Waals surface area contributed by atoms with Crippen molar-refractivity contribution in [1.82, 2.24) is 19.9 Å². The van der Waals surface area contributed by atoms with Gasteiger partial charge in [-0.1, -0.05) is 11.8 Å². The van der Waals surface area contributed by atoms with Gasteiger partial charge in [0.25, 0.3) is 0 Å². The molecule has 1 aliphatic heterocycles. The topological polar surface area (TPSA) is 134 Å². The van der Waals surface area contributed by atoms with E-state index in [0.717, 1.165) is 12.5 Å². The summed E-state index contributed by atoms with van der Waals surface area (Å²) >= 11 is 1.43. The van der Waals surface area contributed by atoms with Crippen LogP contribution in [0.25, 0.3) is 11.0 Å². The molecule has 13 heteroatoms. The number of nitrogens with two attached hydrogens (primary N) is 1. The number of pyridine rings is 1. The summed E-state index contributed by atoms with van der Waals surface area (Å²) in [5.74, 6) is -1.42. The number of hydrogen-bond acceptors (Lipinski definition) is 11. The van der Waals surface area contributed by atoms with Crippen LogP contribution in [0.4, 0.5) is 20.3 Å². The molecule has 4 heterocycles. The molecule has 0 bridgehead atoms. The van der Waals surface area contributed by atoms with Gasteiger partial charge in [-0.15, -0.1) is 0 Å². The number of ether oxygens (including phenoxy) is 2. The molecule has 0 amide bonds. The van der Waals surface area contributed by atoms with Crippen molar-refractivity contribution in [1.29, 1.82) is 0 Å². The standard InChI is InChI=1S/C25H23F2N7O3S/c1-24(18-7-25(18,11-35-2)38-23(28)34-24)15-5-13(6-16(26)20(15)27)32-22-21-17(3-4-29-22)33-19(8-30-21)37-10-14-9-36-12-31-14/h3-6,8-9,12,18H,7,10-11H2,1-2H3,(H2,28,34)(H,29,32)/t18-,24-,25+/m0/s1.